The van der Waals surface area contributed by atoms with Gasteiger partial charge in [0.05, 0.1) is 76.2 Å². The number of fused-ring (bicyclic) bond motifs is 20. The summed E-state index contributed by atoms with van der Waals surface area (Å²) in [5.41, 5.74) is 6.26. The van der Waals surface area contributed by atoms with E-state index in [-0.39, 0.29) is 118 Å². The van der Waals surface area contributed by atoms with Crippen molar-refractivity contribution in [3.05, 3.63) is 93.0 Å². The van der Waals surface area contributed by atoms with Gasteiger partial charge in [-0.15, -0.1) is 0 Å². The molecule has 8 N–H and O–H groups in total. The third-order valence-corrected chi connectivity index (χ3v) is 10.3. The summed E-state index contributed by atoms with van der Waals surface area (Å²) in [7, 11) is 0. The second kappa shape index (κ2) is 15.1. The monoisotopic (exact) mass is 816 g/mol. The van der Waals surface area contributed by atoms with Gasteiger partial charge in [-0.2, -0.15) is 0 Å². The van der Waals surface area contributed by atoms with Crippen LogP contribution in [0.4, 0.5) is 0 Å². The molecule has 0 saturated heterocycles. The predicted octanol–water partition coefficient (Wildman–Crippen LogP) is 2.06. The first kappa shape index (κ1) is 38.4. The first-order valence-electron chi connectivity index (χ1n) is 17.6. The Balaban J connectivity index is 0.00000455. The fourth-order valence-corrected chi connectivity index (χ4v) is 7.38. The molecule has 0 saturated carbocycles. The Morgan fingerprint density at radius 2 is 0.491 bits per heavy atom. The Morgan fingerprint density at radius 3 is 0.684 bits per heavy atom. The summed E-state index contributed by atoms with van der Waals surface area (Å²) < 4.78 is 0. The van der Waals surface area contributed by atoms with Gasteiger partial charge in [0.15, 0.2) is 0 Å². The van der Waals surface area contributed by atoms with Crippen molar-refractivity contribution in [2.45, 2.75) is 52.9 Å². The number of rotatable bonds is 8. The minimum atomic E-state index is -0.370. The summed E-state index contributed by atoms with van der Waals surface area (Å²) >= 11 is 0. The van der Waals surface area contributed by atoms with E-state index < -0.39 is 0 Å². The summed E-state index contributed by atoms with van der Waals surface area (Å²) in [4.78, 5) is 38.9. The molecule has 57 heavy (non-hydrogen) atoms. The molecule has 16 nitrogen and oxygen atoms in total. The zero-order valence-electron chi connectivity index (χ0n) is 30.1. The molecule has 8 bridgehead atoms. The normalized spacial score (nSPS) is 11.9. The molecule has 9 rings (SSSR count). The molecule has 0 unspecified atom stereocenters. The van der Waals surface area contributed by atoms with E-state index >= 15 is 0 Å². The number of nitrogens with zero attached hydrogens (tertiary/aromatic N) is 8. The standard InChI is InChI=1S/C40H32N8O8.Zn/c49-9-17-1-25-26(2-18(17)10-50)34-41-33(25)45-35-27-3-19(11-51)20(12-52)4-28(27)37(42-35)47-39-31-7-23(15-55)24(16-56)8-32(31)40(44-39)48-38-30-6-22(14-54)21(13-53)5-29(30)36(43-38)46-34;/h1-8,49-56H,9-16H2;/q-2;+2. The van der Waals surface area contributed by atoms with Crippen LogP contribution in [0.1, 0.15) is 44.5 Å². The van der Waals surface area contributed by atoms with Crippen LogP contribution in [0.25, 0.3) is 89.7 Å². The Morgan fingerprint density at radius 1 is 0.298 bits per heavy atom. The van der Waals surface area contributed by atoms with Crippen LogP contribution in [0, 0.1) is 0 Å². The Hall–Kier alpha value is -5.46. The van der Waals surface area contributed by atoms with Crippen LogP contribution in [-0.2, 0) is 72.3 Å². The van der Waals surface area contributed by atoms with Gasteiger partial charge < -0.3 is 70.8 Å². The van der Waals surface area contributed by atoms with Crippen LogP contribution >= 0.6 is 0 Å². The summed E-state index contributed by atoms with van der Waals surface area (Å²) in [5.74, 6) is 0.705. The Labute approximate surface area is 334 Å². The van der Waals surface area contributed by atoms with Gasteiger partial charge in [0.2, 0.25) is 0 Å². The molecule has 4 aromatic carbocycles. The van der Waals surface area contributed by atoms with Gasteiger partial charge in [0.25, 0.3) is 0 Å². The van der Waals surface area contributed by atoms with Crippen LogP contribution in [0.15, 0.2) is 48.5 Å². The molecule has 0 atom stereocenters. The van der Waals surface area contributed by atoms with E-state index in [9.17, 15) is 40.9 Å². The molecular formula is C40H32N8O8Zn. The average molecular weight is 818 g/mol. The van der Waals surface area contributed by atoms with Crippen molar-refractivity contribution < 1.29 is 60.3 Å². The fourth-order valence-electron chi connectivity index (χ4n) is 7.38. The molecule has 0 radical (unpaired) electrons. The summed E-state index contributed by atoms with van der Waals surface area (Å²) in [5, 5.41) is 83.7. The third-order valence-electron chi connectivity index (χ3n) is 10.3. The number of hydrogen-bond acceptors (Lipinski definition) is 14. The molecule has 0 amide bonds. The molecule has 282 valence electrons. The van der Waals surface area contributed by atoms with Crippen molar-refractivity contribution in [2.24, 2.45) is 0 Å². The van der Waals surface area contributed by atoms with E-state index in [1.807, 2.05) is 0 Å². The molecule has 0 fully saturated rings. The van der Waals surface area contributed by atoms with Crippen LogP contribution in [0.5, 0.6) is 0 Å². The molecular weight excluding hydrogens is 786 g/mol. The van der Waals surface area contributed by atoms with Gasteiger partial charge >= 0.3 is 19.5 Å². The first-order valence-corrected chi connectivity index (χ1v) is 17.6. The predicted molar refractivity (Wildman–Crippen MR) is 201 cm³/mol. The molecule has 17 heteroatoms. The molecule has 0 aliphatic carbocycles. The number of aromatic nitrogens is 8. The smallest absolute Gasteiger partial charge is 0.392 e. The van der Waals surface area contributed by atoms with Crippen molar-refractivity contribution in [1.82, 2.24) is 39.9 Å². The van der Waals surface area contributed by atoms with E-state index in [4.69, 9.17) is 39.9 Å². The van der Waals surface area contributed by atoms with Crippen molar-refractivity contribution >= 4 is 44.1 Å². The minimum Gasteiger partial charge on any atom is -0.392 e. The van der Waals surface area contributed by atoms with Crippen LogP contribution < -0.4 is 9.97 Å². The van der Waals surface area contributed by atoms with Gasteiger partial charge in [-0.3, -0.25) is 0 Å². The summed E-state index contributed by atoms with van der Waals surface area (Å²) in [6.45, 7) is -2.96. The molecule has 7 aromatic rings. The average Bonchev–Trinajstić information content (AvgIpc) is 3.95. The van der Waals surface area contributed by atoms with Gasteiger partial charge in [0.1, 0.15) is 0 Å². The summed E-state index contributed by atoms with van der Waals surface area (Å²) in [6.07, 6.45) is 0. The maximum Gasteiger partial charge on any atom is 2.00 e. The van der Waals surface area contributed by atoms with Gasteiger partial charge in [-0.1, -0.05) is 0 Å². The SMILES string of the molecule is OCc1cc2c(cc1CO)-c1nc-2nc2[n-]c(nc3nc(nc4[n-]c(n1)c1cc(CO)c(CO)cc41)-c1cc(CO)c(CO)cc1-3)c1cc(CO)c(CO)cc21.[Zn+2]. The Bertz CT molecular complexity index is 2560. The van der Waals surface area contributed by atoms with E-state index in [2.05, 4.69) is 0 Å². The van der Waals surface area contributed by atoms with E-state index in [0.29, 0.717) is 88.3 Å². The molecule has 2 aliphatic heterocycles. The number of aliphatic hydroxyl groups excluding tert-OH is 8. The number of benzene rings is 4. The fraction of sp³-hybridized carbons (Fsp3) is 0.200. The van der Waals surface area contributed by atoms with Crippen LogP contribution in [0.2, 0.25) is 0 Å². The van der Waals surface area contributed by atoms with Crippen LogP contribution in [-0.4, -0.2) is 70.8 Å². The van der Waals surface area contributed by atoms with Crippen molar-refractivity contribution in [3.8, 4) is 45.6 Å². The maximum atomic E-state index is 10.2. The largest absolute Gasteiger partial charge is 2.00 e. The zero-order valence-corrected chi connectivity index (χ0v) is 33.1. The van der Waals surface area contributed by atoms with Crippen molar-refractivity contribution in [3.63, 3.8) is 0 Å². The topological polar surface area (TPSA) is 267 Å². The quantitative estimate of drug-likeness (QED) is 0.102. The zero-order chi connectivity index (χ0) is 38.8. The van der Waals surface area contributed by atoms with Gasteiger partial charge in [0, 0.05) is 44.8 Å². The molecule has 0 spiro atoms. The maximum absolute atomic E-state index is 10.2. The Kier molecular flexibility index (Phi) is 10.2. The molecule has 3 aromatic heterocycles. The van der Waals surface area contributed by atoms with E-state index in [1.54, 1.807) is 48.5 Å². The minimum absolute atomic E-state index is 0. The number of hydrogen-bond donors (Lipinski definition) is 8. The second-order valence-corrected chi connectivity index (χ2v) is 13.4. The van der Waals surface area contributed by atoms with Crippen molar-refractivity contribution in [1.29, 1.82) is 0 Å². The molecule has 5 heterocycles. The summed E-state index contributed by atoms with van der Waals surface area (Å²) in [6, 6.07) is 13.4. The van der Waals surface area contributed by atoms with E-state index in [0.717, 1.165) is 0 Å². The number of aliphatic hydroxyl groups is 8. The third kappa shape index (κ3) is 6.21. The van der Waals surface area contributed by atoms with Gasteiger partial charge in [-0.25, -0.2) is 9.97 Å². The first-order chi connectivity index (χ1) is 27.3. The van der Waals surface area contributed by atoms with Crippen molar-refractivity contribution in [2.75, 3.05) is 0 Å². The van der Waals surface area contributed by atoms with Crippen LogP contribution in [0.3, 0.4) is 0 Å². The van der Waals surface area contributed by atoms with Gasteiger partial charge in [-0.05, 0) is 115 Å². The second-order valence-electron chi connectivity index (χ2n) is 13.4. The molecule has 2 aliphatic rings. The van der Waals surface area contributed by atoms with E-state index in [1.165, 1.54) is 0 Å².